The number of hydrogen-bond acceptors (Lipinski definition) is 6. The van der Waals surface area contributed by atoms with Crippen molar-refractivity contribution >= 4 is 33.4 Å². The minimum Gasteiger partial charge on any atom is -0.339 e. The van der Waals surface area contributed by atoms with Crippen molar-refractivity contribution in [3.63, 3.8) is 0 Å². The van der Waals surface area contributed by atoms with E-state index in [1.165, 1.54) is 6.33 Å². The topological polar surface area (TPSA) is 108 Å². The fraction of sp³-hybridized carbons (Fsp3) is 0.133. The van der Waals surface area contributed by atoms with Gasteiger partial charge in [0, 0.05) is 11.1 Å². The van der Waals surface area contributed by atoms with Crippen LogP contribution < -0.4 is 5.32 Å². The molecule has 3 heterocycles. The monoisotopic (exact) mass is 304 g/mol. The summed E-state index contributed by atoms with van der Waals surface area (Å²) in [6, 6.07) is 8.01. The van der Waals surface area contributed by atoms with E-state index in [0.29, 0.717) is 24.4 Å². The lowest BCUT2D eigenvalue weighted by Gasteiger charge is -2.06. The molecule has 0 atom stereocenters. The fourth-order valence-electron chi connectivity index (χ4n) is 2.47. The minimum absolute atomic E-state index is 0.390. The summed E-state index contributed by atoms with van der Waals surface area (Å²) in [4.78, 5) is 8.56. The maximum atomic E-state index is 8.71. The lowest BCUT2D eigenvalue weighted by molar-refractivity contribution is 0.643. The summed E-state index contributed by atoms with van der Waals surface area (Å²) < 4.78 is 1.71. The number of benzene rings is 1. The predicted molar refractivity (Wildman–Crippen MR) is 84.9 cm³/mol. The molecule has 0 radical (unpaired) electrons. The molecule has 4 aromatic rings. The minimum atomic E-state index is 0.390. The van der Waals surface area contributed by atoms with Gasteiger partial charge >= 0.3 is 0 Å². The first-order valence-corrected chi connectivity index (χ1v) is 7.09. The van der Waals surface area contributed by atoms with Crippen molar-refractivity contribution in [2.24, 2.45) is 0 Å². The Hall–Kier alpha value is -3.47. The number of hydrogen-bond donors (Lipinski definition) is 2. The summed E-state index contributed by atoms with van der Waals surface area (Å²) in [5, 5.41) is 25.1. The van der Waals surface area contributed by atoms with E-state index in [1.54, 1.807) is 17.1 Å². The van der Waals surface area contributed by atoms with Gasteiger partial charge in [0.15, 0.2) is 5.65 Å². The third-order valence-electron chi connectivity index (χ3n) is 3.57. The van der Waals surface area contributed by atoms with Gasteiger partial charge in [0.25, 0.3) is 0 Å². The van der Waals surface area contributed by atoms with Crippen LogP contribution in [0.5, 0.6) is 0 Å². The average molecular weight is 304 g/mol. The number of nitrogens with zero attached hydrogens (tertiary/aromatic N) is 6. The van der Waals surface area contributed by atoms with Crippen LogP contribution in [0.2, 0.25) is 0 Å². The van der Waals surface area contributed by atoms with Gasteiger partial charge in [0.1, 0.15) is 12.1 Å². The van der Waals surface area contributed by atoms with E-state index in [1.807, 2.05) is 18.2 Å². The SMILES string of the molecule is N#CCCn1ncc2c(Nc3ccc4[nH]ncc4c3)ncnc21. The largest absolute Gasteiger partial charge is 0.339 e. The molecule has 8 nitrogen and oxygen atoms in total. The molecule has 3 aromatic heterocycles. The van der Waals surface area contributed by atoms with Crippen LogP contribution in [0.1, 0.15) is 6.42 Å². The Morgan fingerprint density at radius 2 is 2.22 bits per heavy atom. The van der Waals surface area contributed by atoms with Gasteiger partial charge in [-0.15, -0.1) is 0 Å². The molecule has 0 aliphatic carbocycles. The molecule has 0 bridgehead atoms. The molecule has 0 amide bonds. The van der Waals surface area contributed by atoms with Gasteiger partial charge in [0.05, 0.1) is 42.3 Å². The van der Waals surface area contributed by atoms with Crippen LogP contribution >= 0.6 is 0 Å². The highest BCUT2D eigenvalue weighted by Crippen LogP contribution is 2.24. The van der Waals surface area contributed by atoms with E-state index < -0.39 is 0 Å². The van der Waals surface area contributed by atoms with E-state index in [0.717, 1.165) is 22.0 Å². The molecule has 0 aliphatic rings. The zero-order chi connectivity index (χ0) is 15.6. The number of H-pyrrole nitrogens is 1. The highest BCUT2D eigenvalue weighted by molar-refractivity contribution is 5.90. The molecule has 0 aliphatic heterocycles. The van der Waals surface area contributed by atoms with Crippen LogP contribution in [0, 0.1) is 11.3 Å². The Labute approximate surface area is 130 Å². The number of anilines is 2. The van der Waals surface area contributed by atoms with Crippen LogP contribution in [0.4, 0.5) is 11.5 Å². The zero-order valence-corrected chi connectivity index (χ0v) is 12.1. The van der Waals surface area contributed by atoms with Crippen LogP contribution in [0.25, 0.3) is 21.9 Å². The van der Waals surface area contributed by atoms with Crippen molar-refractivity contribution in [2.45, 2.75) is 13.0 Å². The van der Waals surface area contributed by atoms with Crippen molar-refractivity contribution < 1.29 is 0 Å². The molecule has 112 valence electrons. The molecule has 1 aromatic carbocycles. The van der Waals surface area contributed by atoms with E-state index in [-0.39, 0.29) is 0 Å². The molecule has 0 saturated heterocycles. The number of rotatable bonds is 4. The summed E-state index contributed by atoms with van der Waals surface area (Å²) in [6.07, 6.45) is 5.37. The Morgan fingerprint density at radius 1 is 1.26 bits per heavy atom. The lowest BCUT2D eigenvalue weighted by Crippen LogP contribution is -2.01. The number of nitrogens with one attached hydrogen (secondary N) is 2. The van der Waals surface area contributed by atoms with E-state index in [4.69, 9.17) is 5.26 Å². The van der Waals surface area contributed by atoms with Gasteiger partial charge in [-0.25, -0.2) is 14.6 Å². The van der Waals surface area contributed by atoms with Crippen molar-refractivity contribution in [1.29, 1.82) is 5.26 Å². The second-order valence-electron chi connectivity index (χ2n) is 5.03. The number of fused-ring (bicyclic) bond motifs is 2. The summed E-state index contributed by atoms with van der Waals surface area (Å²) >= 11 is 0. The Balaban J connectivity index is 1.71. The van der Waals surface area contributed by atoms with Gasteiger partial charge in [-0.1, -0.05) is 0 Å². The number of nitriles is 1. The Kier molecular flexibility index (Phi) is 3.09. The molecule has 2 N–H and O–H groups in total. The Morgan fingerprint density at radius 3 is 3.13 bits per heavy atom. The van der Waals surface area contributed by atoms with E-state index >= 15 is 0 Å². The van der Waals surface area contributed by atoms with Crippen molar-refractivity contribution in [3.05, 3.63) is 36.9 Å². The Bertz CT molecular complexity index is 1020. The normalized spacial score (nSPS) is 10.9. The van der Waals surface area contributed by atoms with Crippen molar-refractivity contribution in [1.82, 2.24) is 29.9 Å². The summed E-state index contributed by atoms with van der Waals surface area (Å²) in [5.74, 6) is 0.682. The van der Waals surface area contributed by atoms with Gasteiger partial charge in [-0.2, -0.15) is 15.5 Å². The third kappa shape index (κ3) is 2.34. The molecule has 8 heteroatoms. The first-order valence-electron chi connectivity index (χ1n) is 7.09. The third-order valence-corrected chi connectivity index (χ3v) is 3.57. The average Bonchev–Trinajstić information content (AvgIpc) is 3.19. The summed E-state index contributed by atoms with van der Waals surface area (Å²) in [5.41, 5.74) is 2.60. The maximum absolute atomic E-state index is 8.71. The van der Waals surface area contributed by atoms with Crippen LogP contribution in [0.15, 0.2) is 36.9 Å². The fourth-order valence-corrected chi connectivity index (χ4v) is 2.47. The van der Waals surface area contributed by atoms with Gasteiger partial charge in [-0.3, -0.25) is 5.10 Å². The first kappa shape index (κ1) is 13.2. The highest BCUT2D eigenvalue weighted by atomic mass is 15.3. The molecular weight excluding hydrogens is 292 g/mol. The second-order valence-corrected chi connectivity index (χ2v) is 5.03. The molecule has 0 unspecified atom stereocenters. The van der Waals surface area contributed by atoms with Crippen molar-refractivity contribution in [2.75, 3.05) is 5.32 Å². The molecule has 0 saturated carbocycles. The number of aromatic amines is 1. The molecule has 0 fully saturated rings. The second kappa shape index (κ2) is 5.38. The lowest BCUT2D eigenvalue weighted by atomic mass is 10.2. The van der Waals surface area contributed by atoms with Gasteiger partial charge < -0.3 is 5.32 Å². The van der Waals surface area contributed by atoms with Gasteiger partial charge in [-0.05, 0) is 18.2 Å². The van der Waals surface area contributed by atoms with Crippen LogP contribution in [-0.4, -0.2) is 29.9 Å². The highest BCUT2D eigenvalue weighted by Gasteiger charge is 2.10. The molecule has 4 rings (SSSR count). The smallest absolute Gasteiger partial charge is 0.163 e. The van der Waals surface area contributed by atoms with Crippen molar-refractivity contribution in [3.8, 4) is 6.07 Å². The van der Waals surface area contributed by atoms with E-state index in [9.17, 15) is 0 Å². The standard InChI is InChI=1S/C15H12N8/c16-4-1-5-23-15-12(8-20-23)14(17-9-18-15)21-11-2-3-13-10(6-11)7-19-22-13/h2-3,6-9H,1,5H2,(H,19,22)(H,17,18,21). The predicted octanol–water partition coefficient (Wildman–Crippen LogP) is 2.36. The molecule has 0 spiro atoms. The maximum Gasteiger partial charge on any atom is 0.163 e. The molecule has 23 heavy (non-hydrogen) atoms. The molecular formula is C15H12N8. The zero-order valence-electron chi connectivity index (χ0n) is 12.1. The first-order chi connectivity index (χ1) is 11.3. The quantitative estimate of drug-likeness (QED) is 0.599. The van der Waals surface area contributed by atoms with Gasteiger partial charge in [0.2, 0.25) is 0 Å². The summed E-state index contributed by atoms with van der Waals surface area (Å²) in [7, 11) is 0. The van der Waals surface area contributed by atoms with E-state index in [2.05, 4.69) is 36.7 Å². The van der Waals surface area contributed by atoms with Crippen LogP contribution in [0.3, 0.4) is 0 Å². The number of aryl methyl sites for hydroxylation is 1. The van der Waals surface area contributed by atoms with Crippen LogP contribution in [-0.2, 0) is 6.54 Å². The number of aromatic nitrogens is 6. The summed E-state index contributed by atoms with van der Waals surface area (Å²) in [6.45, 7) is 0.511.